The molecule has 0 aromatic heterocycles. The molecule has 0 aliphatic rings. The standard InChI is InChI=1S/C11H8ClF5O2/c12-4-3-8(18)7-2-1-6(11(15,16)17)5-9(7)19-10(13)14/h1-2,5,10H,3-4H2. The maximum absolute atomic E-state index is 12.4. The number of benzene rings is 1. The van der Waals surface area contributed by atoms with Gasteiger partial charge < -0.3 is 4.74 Å². The molecule has 0 saturated carbocycles. The van der Waals surface area contributed by atoms with Gasteiger partial charge in [0.2, 0.25) is 0 Å². The minimum absolute atomic E-state index is 0.0754. The first-order valence-electron chi connectivity index (χ1n) is 5.01. The van der Waals surface area contributed by atoms with Crippen LogP contribution in [0.1, 0.15) is 22.3 Å². The summed E-state index contributed by atoms with van der Waals surface area (Å²) in [6.45, 7) is -3.33. The number of Topliss-reactive ketones (excluding diaryl/α,β-unsaturated/α-hetero) is 1. The van der Waals surface area contributed by atoms with Gasteiger partial charge >= 0.3 is 12.8 Å². The van der Waals surface area contributed by atoms with Crippen molar-refractivity contribution in [3.8, 4) is 5.75 Å². The quantitative estimate of drug-likeness (QED) is 0.464. The molecule has 0 radical (unpaired) electrons. The summed E-state index contributed by atoms with van der Waals surface area (Å²) in [7, 11) is 0. The van der Waals surface area contributed by atoms with Crippen molar-refractivity contribution in [2.24, 2.45) is 0 Å². The lowest BCUT2D eigenvalue weighted by molar-refractivity contribution is -0.138. The largest absolute Gasteiger partial charge is 0.434 e. The molecule has 0 N–H and O–H groups in total. The van der Waals surface area contributed by atoms with Crippen LogP contribution in [0.2, 0.25) is 0 Å². The summed E-state index contributed by atoms with van der Waals surface area (Å²) >= 11 is 5.32. The molecule has 8 heteroatoms. The molecule has 0 unspecified atom stereocenters. The second-order valence-electron chi connectivity index (χ2n) is 3.45. The van der Waals surface area contributed by atoms with Crippen molar-refractivity contribution in [2.75, 3.05) is 5.88 Å². The summed E-state index contributed by atoms with van der Waals surface area (Å²) in [4.78, 5) is 11.5. The number of carbonyl (C=O) groups is 1. The van der Waals surface area contributed by atoms with Crippen LogP contribution in [0.3, 0.4) is 0 Å². The smallest absolute Gasteiger partial charge is 0.416 e. The van der Waals surface area contributed by atoms with E-state index in [1.807, 2.05) is 0 Å². The third kappa shape index (κ3) is 4.34. The van der Waals surface area contributed by atoms with Gasteiger partial charge in [-0.2, -0.15) is 22.0 Å². The van der Waals surface area contributed by atoms with Crippen LogP contribution in [0.25, 0.3) is 0 Å². The Kier molecular flexibility index (Phi) is 5.11. The molecule has 0 saturated heterocycles. The Morgan fingerprint density at radius 2 is 1.95 bits per heavy atom. The van der Waals surface area contributed by atoms with Crippen LogP contribution < -0.4 is 4.74 Å². The van der Waals surface area contributed by atoms with Crippen molar-refractivity contribution in [1.29, 1.82) is 0 Å². The number of ether oxygens (including phenoxy) is 1. The van der Waals surface area contributed by atoms with E-state index in [0.29, 0.717) is 12.1 Å². The Balaban J connectivity index is 3.20. The molecule has 1 rings (SSSR count). The fraction of sp³-hybridized carbons (Fsp3) is 0.364. The van der Waals surface area contributed by atoms with E-state index < -0.39 is 29.9 Å². The zero-order valence-electron chi connectivity index (χ0n) is 9.31. The number of carbonyl (C=O) groups excluding carboxylic acids is 1. The average molecular weight is 303 g/mol. The highest BCUT2D eigenvalue weighted by Gasteiger charge is 2.32. The highest BCUT2D eigenvalue weighted by atomic mass is 35.5. The third-order valence-corrected chi connectivity index (χ3v) is 2.34. The van der Waals surface area contributed by atoms with E-state index in [1.54, 1.807) is 0 Å². The fourth-order valence-corrected chi connectivity index (χ4v) is 1.51. The number of rotatable bonds is 5. The van der Waals surface area contributed by atoms with Gasteiger partial charge in [-0.05, 0) is 18.2 Å². The molecule has 1 aromatic carbocycles. The van der Waals surface area contributed by atoms with Gasteiger partial charge in [-0.15, -0.1) is 11.6 Å². The van der Waals surface area contributed by atoms with Crippen molar-refractivity contribution in [3.63, 3.8) is 0 Å². The maximum atomic E-state index is 12.4. The molecule has 106 valence electrons. The van der Waals surface area contributed by atoms with Crippen LogP contribution in [0.15, 0.2) is 18.2 Å². The van der Waals surface area contributed by atoms with E-state index >= 15 is 0 Å². The van der Waals surface area contributed by atoms with Crippen LogP contribution in [0.4, 0.5) is 22.0 Å². The SMILES string of the molecule is O=C(CCCl)c1ccc(C(F)(F)F)cc1OC(F)F. The van der Waals surface area contributed by atoms with E-state index in [4.69, 9.17) is 11.6 Å². The van der Waals surface area contributed by atoms with Gasteiger partial charge in [-0.1, -0.05) is 0 Å². The van der Waals surface area contributed by atoms with Crippen LogP contribution in [0.5, 0.6) is 5.75 Å². The predicted molar refractivity (Wildman–Crippen MR) is 57.7 cm³/mol. The normalized spacial score (nSPS) is 11.7. The van der Waals surface area contributed by atoms with E-state index in [2.05, 4.69) is 4.74 Å². The third-order valence-electron chi connectivity index (χ3n) is 2.15. The summed E-state index contributed by atoms with van der Waals surface area (Å²) in [5, 5.41) is 0. The van der Waals surface area contributed by atoms with Crippen molar-refractivity contribution in [2.45, 2.75) is 19.2 Å². The average Bonchev–Trinajstić information content (AvgIpc) is 2.27. The number of hydrogen-bond acceptors (Lipinski definition) is 2. The van der Waals surface area contributed by atoms with Crippen LogP contribution in [-0.2, 0) is 6.18 Å². The highest BCUT2D eigenvalue weighted by Crippen LogP contribution is 2.34. The minimum Gasteiger partial charge on any atom is -0.434 e. The molecule has 0 amide bonds. The first kappa shape index (κ1) is 15.7. The molecule has 19 heavy (non-hydrogen) atoms. The Morgan fingerprint density at radius 3 is 2.42 bits per heavy atom. The number of halogens is 6. The number of hydrogen-bond donors (Lipinski definition) is 0. The second kappa shape index (κ2) is 6.18. The van der Waals surface area contributed by atoms with E-state index in [1.165, 1.54) is 0 Å². The molecule has 0 atom stereocenters. The summed E-state index contributed by atoms with van der Waals surface area (Å²) in [6.07, 6.45) is -4.90. The zero-order chi connectivity index (χ0) is 14.6. The van der Waals surface area contributed by atoms with Crippen LogP contribution in [-0.4, -0.2) is 18.3 Å². The van der Waals surface area contributed by atoms with Gasteiger partial charge in [-0.3, -0.25) is 4.79 Å². The molecule has 1 aromatic rings. The molecule has 0 aliphatic heterocycles. The summed E-state index contributed by atoms with van der Waals surface area (Å²) in [5.74, 6) is -1.55. The molecule has 0 fully saturated rings. The van der Waals surface area contributed by atoms with Gasteiger partial charge in [-0.25, -0.2) is 0 Å². The summed E-state index contributed by atoms with van der Waals surface area (Å²) in [6, 6.07) is 1.79. The predicted octanol–water partition coefficient (Wildman–Crippen LogP) is 4.12. The lowest BCUT2D eigenvalue weighted by Crippen LogP contribution is -2.11. The first-order valence-corrected chi connectivity index (χ1v) is 5.54. The molecule has 0 heterocycles. The monoisotopic (exact) mass is 302 g/mol. The Hall–Kier alpha value is -1.37. The van der Waals surface area contributed by atoms with Gasteiger partial charge in [0.1, 0.15) is 5.75 Å². The van der Waals surface area contributed by atoms with E-state index in [0.717, 1.165) is 6.07 Å². The van der Waals surface area contributed by atoms with Crippen LogP contribution in [0, 0.1) is 0 Å². The Bertz CT molecular complexity index is 459. The van der Waals surface area contributed by atoms with Crippen molar-refractivity contribution in [3.05, 3.63) is 29.3 Å². The molecular formula is C11H8ClF5O2. The first-order chi connectivity index (χ1) is 8.75. The van der Waals surface area contributed by atoms with E-state index in [-0.39, 0.29) is 17.9 Å². The molecule has 0 bridgehead atoms. The number of alkyl halides is 6. The van der Waals surface area contributed by atoms with Crippen molar-refractivity contribution < 1.29 is 31.5 Å². The molecule has 0 aliphatic carbocycles. The summed E-state index contributed by atoms with van der Waals surface area (Å²) in [5.41, 5.74) is -1.53. The van der Waals surface area contributed by atoms with Gasteiger partial charge in [0.25, 0.3) is 0 Å². The van der Waals surface area contributed by atoms with Crippen LogP contribution >= 0.6 is 11.6 Å². The van der Waals surface area contributed by atoms with Gasteiger partial charge in [0, 0.05) is 12.3 Å². The highest BCUT2D eigenvalue weighted by molar-refractivity contribution is 6.19. The Labute approximate surface area is 110 Å². The lowest BCUT2D eigenvalue weighted by Gasteiger charge is -2.13. The minimum atomic E-state index is -4.71. The fourth-order valence-electron chi connectivity index (χ4n) is 1.34. The Morgan fingerprint density at radius 1 is 1.32 bits per heavy atom. The van der Waals surface area contributed by atoms with Gasteiger partial charge in [0.15, 0.2) is 5.78 Å². The number of ketones is 1. The van der Waals surface area contributed by atoms with Crippen molar-refractivity contribution in [1.82, 2.24) is 0 Å². The maximum Gasteiger partial charge on any atom is 0.416 e. The van der Waals surface area contributed by atoms with E-state index in [9.17, 15) is 26.7 Å². The zero-order valence-corrected chi connectivity index (χ0v) is 10.1. The van der Waals surface area contributed by atoms with Gasteiger partial charge in [0.05, 0.1) is 11.1 Å². The molecule has 0 spiro atoms. The molecular weight excluding hydrogens is 295 g/mol. The lowest BCUT2D eigenvalue weighted by atomic mass is 10.0. The van der Waals surface area contributed by atoms with Crippen molar-refractivity contribution >= 4 is 17.4 Å². The second-order valence-corrected chi connectivity index (χ2v) is 3.83. The topological polar surface area (TPSA) is 26.3 Å². The molecule has 2 nitrogen and oxygen atoms in total. The summed E-state index contributed by atoms with van der Waals surface area (Å²) < 4.78 is 65.5.